The van der Waals surface area contributed by atoms with Crippen molar-refractivity contribution >= 4 is 0 Å². The van der Waals surface area contributed by atoms with E-state index in [1.807, 2.05) is 7.05 Å². The van der Waals surface area contributed by atoms with Gasteiger partial charge in [0.25, 0.3) is 5.75 Å². The quantitative estimate of drug-likeness (QED) is 0.596. The fourth-order valence-corrected chi connectivity index (χ4v) is 0.746. The second-order valence-corrected chi connectivity index (χ2v) is 2.03. The third-order valence-corrected chi connectivity index (χ3v) is 1.23. The molecule has 0 spiro atoms. The van der Waals surface area contributed by atoms with Gasteiger partial charge in [0.05, 0.1) is 0 Å². The first-order valence-electron chi connectivity index (χ1n) is 3.14. The molecule has 3 heteroatoms. The minimum absolute atomic E-state index is 0.497. The van der Waals surface area contributed by atoms with Crippen LogP contribution in [-0.4, -0.2) is 17.1 Å². The van der Waals surface area contributed by atoms with Gasteiger partial charge in [0, 0.05) is 18.8 Å². The van der Waals surface area contributed by atoms with Crippen LogP contribution in [0.5, 0.6) is 5.75 Å². The highest BCUT2D eigenvalue weighted by Crippen LogP contribution is 2.10. The molecule has 0 fully saturated rings. The maximum absolute atomic E-state index is 7.37. The molecule has 0 aliphatic heterocycles. The van der Waals surface area contributed by atoms with Crippen LogP contribution in [0.4, 0.5) is 0 Å². The molecule has 54 valence electrons. The predicted octanol–water partition coefficient (Wildman–Crippen LogP) is 0.239. The third-order valence-electron chi connectivity index (χ3n) is 1.23. The summed E-state index contributed by atoms with van der Waals surface area (Å²) in [5, 5.41) is 10.3. The maximum Gasteiger partial charge on any atom is 0.277 e. The fraction of sp³-hybridized carbons (Fsp3) is 0.286. The van der Waals surface area contributed by atoms with Crippen molar-refractivity contribution in [2.24, 2.45) is 0 Å². The number of nitrogens with one attached hydrogen (secondary N) is 1. The minimum atomic E-state index is 0.497. The number of rotatable bonds is 2. The molecule has 0 atom stereocenters. The lowest BCUT2D eigenvalue weighted by molar-refractivity contribution is 0.461. The Morgan fingerprint density at radius 2 is 2.50 bits per heavy atom. The van der Waals surface area contributed by atoms with Gasteiger partial charge < -0.3 is 10.4 Å². The molecule has 0 unspecified atom stereocenters. The zero-order valence-corrected chi connectivity index (χ0v) is 5.89. The fourth-order valence-electron chi connectivity index (χ4n) is 0.746. The SMILES string of the molecule is CNCc1ncccc1[OH2+]. The predicted molar refractivity (Wildman–Crippen MR) is 40.1 cm³/mol. The van der Waals surface area contributed by atoms with Crippen molar-refractivity contribution in [3.05, 3.63) is 24.0 Å². The summed E-state index contributed by atoms with van der Waals surface area (Å²) in [7, 11) is 1.84. The zero-order valence-electron chi connectivity index (χ0n) is 5.89. The highest BCUT2D eigenvalue weighted by molar-refractivity contribution is 5.24. The van der Waals surface area contributed by atoms with Gasteiger partial charge in [-0.3, -0.25) is 4.98 Å². The molecule has 0 aromatic carbocycles. The van der Waals surface area contributed by atoms with Crippen LogP contribution in [0.25, 0.3) is 0 Å². The van der Waals surface area contributed by atoms with E-state index in [1.54, 1.807) is 18.3 Å². The summed E-state index contributed by atoms with van der Waals surface area (Å²) in [5.74, 6) is 0.497. The van der Waals surface area contributed by atoms with E-state index in [2.05, 4.69) is 10.3 Å². The van der Waals surface area contributed by atoms with Crippen molar-refractivity contribution in [3.63, 3.8) is 0 Å². The Labute approximate surface area is 59.7 Å². The lowest BCUT2D eigenvalue weighted by atomic mass is 10.3. The summed E-state index contributed by atoms with van der Waals surface area (Å²) < 4.78 is 0. The summed E-state index contributed by atoms with van der Waals surface area (Å²) in [6.07, 6.45) is 1.70. The highest BCUT2D eigenvalue weighted by atomic mass is 16.3. The average molecular weight is 139 g/mol. The molecule has 0 bridgehead atoms. The zero-order chi connectivity index (χ0) is 7.40. The second kappa shape index (κ2) is 3.17. The summed E-state index contributed by atoms with van der Waals surface area (Å²) in [6.45, 7) is 0.666. The van der Waals surface area contributed by atoms with Crippen LogP contribution in [0, 0.1) is 0 Å². The van der Waals surface area contributed by atoms with E-state index < -0.39 is 0 Å². The van der Waals surface area contributed by atoms with Crippen molar-refractivity contribution in [1.29, 1.82) is 0 Å². The molecule has 0 saturated carbocycles. The summed E-state index contributed by atoms with van der Waals surface area (Å²) in [5.41, 5.74) is 0.796. The van der Waals surface area contributed by atoms with E-state index in [-0.39, 0.29) is 0 Å². The van der Waals surface area contributed by atoms with Gasteiger partial charge in [0.2, 0.25) is 0 Å². The molecule has 3 N–H and O–H groups in total. The van der Waals surface area contributed by atoms with Crippen molar-refractivity contribution < 1.29 is 5.11 Å². The normalized spacial score (nSPS) is 9.70. The monoisotopic (exact) mass is 139 g/mol. The van der Waals surface area contributed by atoms with Crippen molar-refractivity contribution in [3.8, 4) is 5.75 Å². The van der Waals surface area contributed by atoms with E-state index in [1.165, 1.54) is 0 Å². The number of pyridine rings is 1. The Kier molecular flexibility index (Phi) is 2.23. The number of hydrogen-bond acceptors (Lipinski definition) is 2. The van der Waals surface area contributed by atoms with Gasteiger partial charge in [-0.15, -0.1) is 0 Å². The van der Waals surface area contributed by atoms with Crippen molar-refractivity contribution in [2.45, 2.75) is 6.54 Å². The van der Waals surface area contributed by atoms with Gasteiger partial charge >= 0.3 is 0 Å². The number of hydrogen-bond donors (Lipinski definition) is 1. The molecular weight excluding hydrogens is 128 g/mol. The first kappa shape index (κ1) is 7.02. The Balaban J connectivity index is 2.81. The minimum Gasteiger partial charge on any atom is -0.592 e. The molecule has 0 radical (unpaired) electrons. The topological polar surface area (TPSA) is 47.8 Å². The molecule has 10 heavy (non-hydrogen) atoms. The smallest absolute Gasteiger partial charge is 0.277 e. The molecule has 1 aromatic heterocycles. The van der Waals surface area contributed by atoms with E-state index in [0.717, 1.165) is 5.69 Å². The number of nitrogens with zero attached hydrogens (tertiary/aromatic N) is 1. The Morgan fingerprint density at radius 3 is 3.10 bits per heavy atom. The van der Waals surface area contributed by atoms with Crippen LogP contribution in [-0.2, 0) is 6.54 Å². The summed E-state index contributed by atoms with van der Waals surface area (Å²) >= 11 is 0. The van der Waals surface area contributed by atoms with Crippen LogP contribution in [0.3, 0.4) is 0 Å². The maximum atomic E-state index is 7.37. The summed E-state index contributed by atoms with van der Waals surface area (Å²) in [4.78, 5) is 4.02. The lowest BCUT2D eigenvalue weighted by Crippen LogP contribution is -2.06. The Bertz CT molecular complexity index is 213. The summed E-state index contributed by atoms with van der Waals surface area (Å²) in [6, 6.07) is 3.50. The van der Waals surface area contributed by atoms with Crippen LogP contribution in [0.2, 0.25) is 0 Å². The van der Waals surface area contributed by atoms with Crippen LogP contribution in [0.1, 0.15) is 5.69 Å². The van der Waals surface area contributed by atoms with Crippen LogP contribution < -0.4 is 5.32 Å². The van der Waals surface area contributed by atoms with Gasteiger partial charge in [-0.1, -0.05) is 0 Å². The standard InChI is InChI=1S/C7H10N2O/c1-8-5-6-7(10)3-2-4-9-6/h2-4,8,10H,5H2,1H3/p+1. The molecule has 0 aliphatic rings. The largest absolute Gasteiger partial charge is 0.592 e. The molecule has 1 heterocycles. The Hall–Kier alpha value is -1.09. The van der Waals surface area contributed by atoms with Gasteiger partial charge in [0.15, 0.2) is 0 Å². The Morgan fingerprint density at radius 1 is 1.70 bits per heavy atom. The first-order valence-corrected chi connectivity index (χ1v) is 3.14. The van der Waals surface area contributed by atoms with Gasteiger partial charge in [-0.05, 0) is 13.1 Å². The molecule has 1 aromatic rings. The third kappa shape index (κ3) is 1.45. The second-order valence-electron chi connectivity index (χ2n) is 2.03. The average Bonchev–Trinajstić information content (AvgIpc) is 1.94. The first-order chi connectivity index (χ1) is 4.84. The molecular formula is C7H11N2O+. The van der Waals surface area contributed by atoms with E-state index in [0.29, 0.717) is 12.3 Å². The van der Waals surface area contributed by atoms with E-state index in [4.69, 9.17) is 5.11 Å². The van der Waals surface area contributed by atoms with E-state index >= 15 is 0 Å². The molecule has 3 nitrogen and oxygen atoms in total. The molecule has 1 rings (SSSR count). The van der Waals surface area contributed by atoms with Crippen LogP contribution in [0.15, 0.2) is 18.3 Å². The van der Waals surface area contributed by atoms with Gasteiger partial charge in [0.1, 0.15) is 5.69 Å². The van der Waals surface area contributed by atoms with Crippen molar-refractivity contribution in [1.82, 2.24) is 10.3 Å². The molecule has 0 amide bonds. The number of aromatic nitrogens is 1. The lowest BCUT2D eigenvalue weighted by Gasteiger charge is -1.96. The van der Waals surface area contributed by atoms with Crippen LogP contribution >= 0.6 is 0 Å². The van der Waals surface area contributed by atoms with Crippen molar-refractivity contribution in [2.75, 3.05) is 7.05 Å². The van der Waals surface area contributed by atoms with Gasteiger partial charge in [-0.2, -0.15) is 0 Å². The molecule has 0 saturated heterocycles. The molecule has 0 aliphatic carbocycles. The van der Waals surface area contributed by atoms with E-state index in [9.17, 15) is 0 Å². The van der Waals surface area contributed by atoms with Gasteiger partial charge in [-0.25, -0.2) is 0 Å². The highest BCUT2D eigenvalue weighted by Gasteiger charge is 2.01.